The molecule has 1 aliphatic carbocycles. The van der Waals surface area contributed by atoms with Crippen LogP contribution in [0.1, 0.15) is 24.1 Å². The average Bonchev–Trinajstić information content (AvgIpc) is 3.27. The number of aryl methyl sites for hydroxylation is 1. The molecule has 21 heavy (non-hydrogen) atoms. The number of rotatable bonds is 4. The highest BCUT2D eigenvalue weighted by Crippen LogP contribution is 2.18. The summed E-state index contributed by atoms with van der Waals surface area (Å²) in [6.07, 6.45) is 3.75. The van der Waals surface area contributed by atoms with Crippen molar-refractivity contribution in [3.63, 3.8) is 0 Å². The van der Waals surface area contributed by atoms with E-state index in [0.29, 0.717) is 22.8 Å². The van der Waals surface area contributed by atoms with E-state index >= 15 is 0 Å². The Balaban J connectivity index is 1.86. The summed E-state index contributed by atoms with van der Waals surface area (Å²) >= 11 is 0. The molecule has 2 N–H and O–H groups in total. The average molecular weight is 284 g/mol. The molecule has 1 amide bonds. The number of carbonyl (C=O) groups is 1. The first-order valence-electron chi connectivity index (χ1n) is 6.94. The van der Waals surface area contributed by atoms with E-state index in [0.717, 1.165) is 12.8 Å². The van der Waals surface area contributed by atoms with Crippen LogP contribution in [-0.4, -0.2) is 26.9 Å². The van der Waals surface area contributed by atoms with Gasteiger partial charge in [-0.1, -0.05) is 6.07 Å². The van der Waals surface area contributed by atoms with Crippen LogP contribution in [0.5, 0.6) is 0 Å². The van der Waals surface area contributed by atoms with Crippen molar-refractivity contribution in [2.75, 3.05) is 0 Å². The van der Waals surface area contributed by atoms with Crippen molar-refractivity contribution in [1.82, 2.24) is 20.3 Å². The van der Waals surface area contributed by atoms with Crippen LogP contribution >= 0.6 is 0 Å². The quantitative estimate of drug-likeness (QED) is 0.875. The van der Waals surface area contributed by atoms with E-state index in [-0.39, 0.29) is 23.9 Å². The monoisotopic (exact) mass is 284 g/mol. The van der Waals surface area contributed by atoms with Crippen molar-refractivity contribution in [2.24, 2.45) is 0 Å². The maximum atomic E-state index is 12.2. The number of carbonyl (C=O) groups excluding carboxylic acids is 1. The molecule has 2 aromatic heterocycles. The summed E-state index contributed by atoms with van der Waals surface area (Å²) in [5, 5.41) is 2.87. The van der Waals surface area contributed by atoms with Crippen LogP contribution in [0.3, 0.4) is 0 Å². The Labute approximate surface area is 121 Å². The third kappa shape index (κ3) is 3.16. The molecule has 1 aliphatic rings. The third-order valence-electron chi connectivity index (χ3n) is 3.41. The first-order valence-corrected chi connectivity index (χ1v) is 6.94. The Kier molecular flexibility index (Phi) is 3.51. The summed E-state index contributed by atoms with van der Waals surface area (Å²) in [7, 11) is 0. The van der Waals surface area contributed by atoms with E-state index in [4.69, 9.17) is 0 Å². The van der Waals surface area contributed by atoms with Crippen molar-refractivity contribution >= 4 is 5.91 Å². The number of aromatic nitrogens is 3. The fraction of sp³-hybridized carbons (Fsp3) is 0.333. The minimum atomic E-state index is -0.283. The molecule has 2 heterocycles. The maximum absolute atomic E-state index is 12.2. The van der Waals surface area contributed by atoms with Crippen molar-refractivity contribution in [1.29, 1.82) is 0 Å². The molecule has 6 heteroatoms. The van der Waals surface area contributed by atoms with Gasteiger partial charge in [-0.05, 0) is 31.9 Å². The predicted octanol–water partition coefficient (Wildman–Crippen LogP) is 0.961. The number of hydrogen-bond acceptors (Lipinski definition) is 4. The van der Waals surface area contributed by atoms with Gasteiger partial charge >= 0.3 is 0 Å². The van der Waals surface area contributed by atoms with E-state index in [2.05, 4.69) is 20.3 Å². The number of H-pyrrole nitrogens is 1. The van der Waals surface area contributed by atoms with Gasteiger partial charge in [0.05, 0.1) is 6.42 Å². The lowest BCUT2D eigenvalue weighted by atomic mass is 10.1. The number of hydrogen-bond donors (Lipinski definition) is 2. The number of amides is 1. The summed E-state index contributed by atoms with van der Waals surface area (Å²) in [5.41, 5.74) is 1.29. The molecule has 6 nitrogen and oxygen atoms in total. The first kappa shape index (κ1) is 13.5. The zero-order chi connectivity index (χ0) is 14.8. The molecule has 3 rings (SSSR count). The molecule has 2 aromatic rings. The van der Waals surface area contributed by atoms with Crippen LogP contribution in [-0.2, 0) is 11.2 Å². The molecule has 0 spiro atoms. The van der Waals surface area contributed by atoms with Gasteiger partial charge in [0.1, 0.15) is 5.69 Å². The lowest BCUT2D eigenvalue weighted by Gasteiger charge is -2.07. The zero-order valence-electron chi connectivity index (χ0n) is 11.7. The smallest absolute Gasteiger partial charge is 0.255 e. The summed E-state index contributed by atoms with van der Waals surface area (Å²) in [6.45, 7) is 1.74. The predicted molar refractivity (Wildman–Crippen MR) is 77.7 cm³/mol. The molecule has 108 valence electrons. The standard InChI is InChI=1S/C15H16N4O2/c1-9-11(8-13(20)18-10-5-6-10)15(21)19-14(17-9)12-4-2-3-7-16-12/h2-4,7,10H,5-6,8H2,1H3,(H,18,20)(H,17,19,21). The lowest BCUT2D eigenvalue weighted by molar-refractivity contribution is -0.120. The maximum Gasteiger partial charge on any atom is 0.255 e. The number of pyridine rings is 1. The molecule has 0 aliphatic heterocycles. The van der Waals surface area contributed by atoms with E-state index < -0.39 is 0 Å². The van der Waals surface area contributed by atoms with E-state index in [9.17, 15) is 9.59 Å². The van der Waals surface area contributed by atoms with E-state index in [1.807, 2.05) is 6.07 Å². The van der Waals surface area contributed by atoms with E-state index in [1.165, 1.54) is 0 Å². The van der Waals surface area contributed by atoms with Crippen molar-refractivity contribution < 1.29 is 4.79 Å². The fourth-order valence-corrected chi connectivity index (χ4v) is 2.11. The fourth-order valence-electron chi connectivity index (χ4n) is 2.11. The summed E-state index contributed by atoms with van der Waals surface area (Å²) in [4.78, 5) is 35.2. The minimum absolute atomic E-state index is 0.0627. The van der Waals surface area contributed by atoms with Crippen LogP contribution in [0.4, 0.5) is 0 Å². The number of nitrogens with one attached hydrogen (secondary N) is 2. The second-order valence-corrected chi connectivity index (χ2v) is 5.21. The molecule has 0 saturated heterocycles. The highest BCUT2D eigenvalue weighted by atomic mass is 16.2. The Hall–Kier alpha value is -2.50. The minimum Gasteiger partial charge on any atom is -0.353 e. The summed E-state index contributed by atoms with van der Waals surface area (Å²) in [6, 6.07) is 5.69. The SMILES string of the molecule is Cc1nc(-c2ccccn2)[nH]c(=O)c1CC(=O)NC1CC1. The largest absolute Gasteiger partial charge is 0.353 e. The highest BCUT2D eigenvalue weighted by molar-refractivity contribution is 5.79. The normalized spacial score (nSPS) is 14.0. The van der Waals surface area contributed by atoms with Gasteiger partial charge in [-0.15, -0.1) is 0 Å². The molecule has 1 saturated carbocycles. The molecule has 0 radical (unpaired) electrons. The Morgan fingerprint density at radius 3 is 2.86 bits per heavy atom. The highest BCUT2D eigenvalue weighted by Gasteiger charge is 2.24. The van der Waals surface area contributed by atoms with Gasteiger partial charge in [0.25, 0.3) is 5.56 Å². The van der Waals surface area contributed by atoms with Gasteiger partial charge in [0, 0.05) is 23.5 Å². The molecule has 0 bridgehead atoms. The lowest BCUT2D eigenvalue weighted by Crippen LogP contribution is -2.30. The van der Waals surface area contributed by atoms with Crippen LogP contribution in [0, 0.1) is 6.92 Å². The van der Waals surface area contributed by atoms with Crippen LogP contribution < -0.4 is 10.9 Å². The van der Waals surface area contributed by atoms with Crippen molar-refractivity contribution in [3.05, 3.63) is 46.0 Å². The van der Waals surface area contributed by atoms with Crippen LogP contribution in [0.2, 0.25) is 0 Å². The summed E-state index contributed by atoms with van der Waals surface area (Å²) < 4.78 is 0. The van der Waals surface area contributed by atoms with Crippen LogP contribution in [0.15, 0.2) is 29.2 Å². The molecule has 0 atom stereocenters. The number of aromatic amines is 1. The van der Waals surface area contributed by atoms with Crippen molar-refractivity contribution in [3.8, 4) is 11.5 Å². The van der Waals surface area contributed by atoms with Gasteiger partial charge in [-0.25, -0.2) is 4.98 Å². The first-order chi connectivity index (χ1) is 10.1. The van der Waals surface area contributed by atoms with Crippen molar-refractivity contribution in [2.45, 2.75) is 32.2 Å². The Morgan fingerprint density at radius 1 is 1.43 bits per heavy atom. The van der Waals surface area contributed by atoms with E-state index in [1.54, 1.807) is 25.3 Å². The van der Waals surface area contributed by atoms with Gasteiger partial charge in [0.2, 0.25) is 5.91 Å². The Morgan fingerprint density at radius 2 is 2.24 bits per heavy atom. The zero-order valence-corrected chi connectivity index (χ0v) is 11.7. The summed E-state index contributed by atoms with van der Waals surface area (Å²) in [5.74, 6) is 0.294. The van der Waals surface area contributed by atoms with Gasteiger partial charge in [-0.2, -0.15) is 0 Å². The second kappa shape index (κ2) is 5.47. The molecule has 1 fully saturated rings. The van der Waals surface area contributed by atoms with Gasteiger partial charge in [-0.3, -0.25) is 14.6 Å². The molecular weight excluding hydrogens is 268 g/mol. The third-order valence-corrected chi connectivity index (χ3v) is 3.41. The topological polar surface area (TPSA) is 87.7 Å². The number of nitrogens with zero attached hydrogens (tertiary/aromatic N) is 2. The van der Waals surface area contributed by atoms with Gasteiger partial charge < -0.3 is 10.3 Å². The molecule has 0 aromatic carbocycles. The van der Waals surface area contributed by atoms with Crippen LogP contribution in [0.25, 0.3) is 11.5 Å². The molecule has 0 unspecified atom stereocenters. The second-order valence-electron chi connectivity index (χ2n) is 5.21. The Bertz CT molecular complexity index is 720. The molecular formula is C15H16N4O2. The van der Waals surface area contributed by atoms with Gasteiger partial charge in [0.15, 0.2) is 5.82 Å².